The Morgan fingerprint density at radius 2 is 0.786 bits per heavy atom. The molecule has 1 aliphatic carbocycles. The van der Waals surface area contributed by atoms with Crippen molar-refractivity contribution in [2.45, 2.75) is 55.4 Å². The lowest BCUT2D eigenvalue weighted by Crippen LogP contribution is -2.38. The molecule has 0 N–H and O–H groups in total. The lowest BCUT2D eigenvalue weighted by atomic mass is 9.56. The molecule has 0 heterocycles. The third-order valence-electron chi connectivity index (χ3n) is 5.12. The predicted octanol–water partition coefficient (Wildman–Crippen LogP) is 4.73. The molecule has 0 aliphatic heterocycles. The van der Waals surface area contributed by atoms with Gasteiger partial charge in [0.25, 0.3) is 0 Å². The van der Waals surface area contributed by atoms with Gasteiger partial charge in [-0.1, -0.05) is 38.8 Å². The molecule has 0 bridgehead atoms. The van der Waals surface area contributed by atoms with Crippen LogP contribution < -0.4 is 0 Å². The van der Waals surface area contributed by atoms with Crippen LogP contribution in [0.4, 0.5) is 0 Å². The van der Waals surface area contributed by atoms with E-state index in [0.29, 0.717) is 0 Å². The predicted molar refractivity (Wildman–Crippen MR) is 64.3 cm³/mol. The van der Waals surface area contributed by atoms with Gasteiger partial charge < -0.3 is 0 Å². The summed E-state index contributed by atoms with van der Waals surface area (Å²) in [5, 5.41) is 0. The summed E-state index contributed by atoms with van der Waals surface area (Å²) in [5.74, 6) is 0. The molecule has 0 atom stereocenters. The zero-order chi connectivity index (χ0) is 11.3. The normalized spacial score (nSPS) is 25.7. The summed E-state index contributed by atoms with van der Waals surface area (Å²) in [7, 11) is 0. The zero-order valence-corrected chi connectivity index (χ0v) is 11.0. The van der Waals surface area contributed by atoms with Crippen molar-refractivity contribution >= 4 is 0 Å². The maximum Gasteiger partial charge on any atom is -0.00532 e. The van der Waals surface area contributed by atoms with Crippen molar-refractivity contribution in [1.29, 1.82) is 0 Å². The third kappa shape index (κ3) is 1.20. The second-order valence-corrected chi connectivity index (χ2v) is 5.75. The van der Waals surface area contributed by atoms with Crippen molar-refractivity contribution in [2.75, 3.05) is 0 Å². The van der Waals surface area contributed by atoms with Crippen molar-refractivity contribution < 1.29 is 0 Å². The Balaban J connectivity index is 3.48. The molecule has 0 saturated carbocycles. The van der Waals surface area contributed by atoms with Crippen LogP contribution in [0.3, 0.4) is 0 Å². The molecule has 0 nitrogen and oxygen atoms in total. The number of rotatable bonds is 0. The first-order valence-electron chi connectivity index (χ1n) is 5.50. The molecule has 0 radical (unpaired) electrons. The maximum absolute atomic E-state index is 2.36. The molecule has 0 aromatic carbocycles. The van der Waals surface area contributed by atoms with E-state index in [-0.39, 0.29) is 10.8 Å². The topological polar surface area (TPSA) is 0 Å². The summed E-state index contributed by atoms with van der Waals surface area (Å²) in [6.07, 6.45) is 0. The Kier molecular flexibility index (Phi) is 2.46. The van der Waals surface area contributed by atoms with Crippen LogP contribution in [0.2, 0.25) is 0 Å². The maximum atomic E-state index is 2.36. The number of hydrogen-bond acceptors (Lipinski definition) is 0. The highest BCUT2D eigenvalue weighted by molar-refractivity contribution is 5.45. The first-order chi connectivity index (χ1) is 6.14. The average molecular weight is 192 g/mol. The van der Waals surface area contributed by atoms with Crippen LogP contribution in [0.15, 0.2) is 22.3 Å². The van der Waals surface area contributed by atoms with E-state index in [4.69, 9.17) is 0 Å². The SMILES string of the molecule is CC1=C(C)C(C)(C)C(C)(C)C(C)=C1C. The second kappa shape index (κ2) is 2.98. The minimum Gasteiger partial charge on any atom is -0.0636 e. The molecule has 0 spiro atoms. The van der Waals surface area contributed by atoms with Gasteiger partial charge in [-0.25, -0.2) is 0 Å². The molecular formula is C14H24. The molecule has 0 amide bonds. The van der Waals surface area contributed by atoms with E-state index < -0.39 is 0 Å². The Hall–Kier alpha value is -0.520. The molecule has 0 heteroatoms. The van der Waals surface area contributed by atoms with Crippen LogP contribution in [0, 0.1) is 10.8 Å². The van der Waals surface area contributed by atoms with Gasteiger partial charge in [-0.15, -0.1) is 0 Å². The van der Waals surface area contributed by atoms with E-state index in [1.54, 1.807) is 11.1 Å². The van der Waals surface area contributed by atoms with Gasteiger partial charge in [-0.05, 0) is 49.7 Å². The monoisotopic (exact) mass is 192 g/mol. The highest BCUT2D eigenvalue weighted by Gasteiger charge is 2.43. The highest BCUT2D eigenvalue weighted by Crippen LogP contribution is 2.54. The van der Waals surface area contributed by atoms with Crippen molar-refractivity contribution in [3.05, 3.63) is 22.3 Å². The smallest absolute Gasteiger partial charge is 0.00532 e. The van der Waals surface area contributed by atoms with Gasteiger partial charge >= 0.3 is 0 Å². The van der Waals surface area contributed by atoms with Crippen molar-refractivity contribution in [2.24, 2.45) is 10.8 Å². The minimum absolute atomic E-state index is 0.278. The lowest BCUT2D eigenvalue weighted by Gasteiger charge is -2.48. The van der Waals surface area contributed by atoms with E-state index in [0.717, 1.165) is 0 Å². The average Bonchev–Trinajstić information content (AvgIpc) is 2.10. The van der Waals surface area contributed by atoms with Crippen LogP contribution in [-0.2, 0) is 0 Å². The van der Waals surface area contributed by atoms with Crippen LogP contribution >= 0.6 is 0 Å². The second-order valence-electron chi connectivity index (χ2n) is 5.75. The van der Waals surface area contributed by atoms with E-state index in [1.165, 1.54) is 11.1 Å². The Morgan fingerprint density at radius 1 is 0.571 bits per heavy atom. The Labute approximate surface area is 89.1 Å². The minimum atomic E-state index is 0.278. The van der Waals surface area contributed by atoms with Gasteiger partial charge in [0, 0.05) is 0 Å². The summed E-state index contributed by atoms with van der Waals surface area (Å²) in [6, 6.07) is 0. The van der Waals surface area contributed by atoms with Crippen molar-refractivity contribution in [3.63, 3.8) is 0 Å². The first kappa shape index (κ1) is 11.6. The summed E-state index contributed by atoms with van der Waals surface area (Å²) in [6.45, 7) is 18.5. The van der Waals surface area contributed by atoms with Crippen molar-refractivity contribution in [1.82, 2.24) is 0 Å². The first-order valence-corrected chi connectivity index (χ1v) is 5.50. The largest absolute Gasteiger partial charge is 0.0636 e. The zero-order valence-electron chi connectivity index (χ0n) is 11.0. The van der Waals surface area contributed by atoms with Gasteiger partial charge in [0.15, 0.2) is 0 Å². The number of hydrogen-bond donors (Lipinski definition) is 0. The van der Waals surface area contributed by atoms with Crippen molar-refractivity contribution in [3.8, 4) is 0 Å². The highest BCUT2D eigenvalue weighted by atomic mass is 14.5. The fourth-order valence-electron chi connectivity index (χ4n) is 2.44. The summed E-state index contributed by atoms with van der Waals surface area (Å²) in [4.78, 5) is 0. The van der Waals surface area contributed by atoms with Gasteiger partial charge in [-0.3, -0.25) is 0 Å². The molecular weight excluding hydrogens is 168 g/mol. The molecule has 1 rings (SSSR count). The lowest BCUT2D eigenvalue weighted by molar-refractivity contribution is 0.190. The van der Waals surface area contributed by atoms with E-state index in [2.05, 4.69) is 55.4 Å². The van der Waals surface area contributed by atoms with Gasteiger partial charge in [-0.2, -0.15) is 0 Å². The van der Waals surface area contributed by atoms with Gasteiger partial charge in [0.1, 0.15) is 0 Å². The summed E-state index contributed by atoms with van der Waals surface area (Å²) >= 11 is 0. The molecule has 0 aromatic rings. The van der Waals surface area contributed by atoms with E-state index in [9.17, 15) is 0 Å². The van der Waals surface area contributed by atoms with Gasteiger partial charge in [0.05, 0.1) is 0 Å². The molecule has 0 aromatic heterocycles. The van der Waals surface area contributed by atoms with Crippen LogP contribution in [-0.4, -0.2) is 0 Å². The fraction of sp³-hybridized carbons (Fsp3) is 0.714. The molecule has 0 fully saturated rings. The summed E-state index contributed by atoms with van der Waals surface area (Å²) < 4.78 is 0. The van der Waals surface area contributed by atoms with Crippen LogP contribution in [0.1, 0.15) is 55.4 Å². The fourth-order valence-corrected chi connectivity index (χ4v) is 2.44. The number of allylic oxidation sites excluding steroid dienone is 4. The van der Waals surface area contributed by atoms with Crippen LogP contribution in [0.25, 0.3) is 0 Å². The molecule has 0 unspecified atom stereocenters. The van der Waals surface area contributed by atoms with Gasteiger partial charge in [0.2, 0.25) is 0 Å². The van der Waals surface area contributed by atoms with E-state index in [1.807, 2.05) is 0 Å². The molecule has 0 saturated heterocycles. The molecule has 80 valence electrons. The molecule has 1 aliphatic rings. The Morgan fingerprint density at radius 3 is 1.00 bits per heavy atom. The quantitative estimate of drug-likeness (QED) is 0.520. The summed E-state index contributed by atoms with van der Waals surface area (Å²) in [5.41, 5.74) is 6.64. The van der Waals surface area contributed by atoms with E-state index >= 15 is 0 Å². The standard InChI is InChI=1S/C14H24/c1-9-10(2)12(4)14(7,8)13(5,6)11(9)3/h1-8H3. The molecule has 14 heavy (non-hydrogen) atoms. The van der Waals surface area contributed by atoms with Crippen LogP contribution in [0.5, 0.6) is 0 Å². The Bertz CT molecular complexity index is 288. The third-order valence-corrected chi connectivity index (χ3v) is 5.12.